The Morgan fingerprint density at radius 1 is 1.25 bits per heavy atom. The second kappa shape index (κ2) is 7.09. The first kappa shape index (κ1) is 14.6. The highest BCUT2D eigenvalue weighted by molar-refractivity contribution is 7.99. The Hall–Kier alpha value is -1.82. The zero-order chi connectivity index (χ0) is 14.4. The fraction of sp³-hybridized carbons (Fsp3) is 0.214. The minimum Gasteiger partial charge on any atom is -0.367 e. The van der Waals surface area contributed by atoms with Gasteiger partial charge in [0.2, 0.25) is 5.91 Å². The van der Waals surface area contributed by atoms with Gasteiger partial charge in [-0.2, -0.15) is 0 Å². The van der Waals surface area contributed by atoms with Gasteiger partial charge in [0.25, 0.3) is 0 Å². The lowest BCUT2D eigenvalue weighted by atomic mass is 10.3. The van der Waals surface area contributed by atoms with Crippen LogP contribution in [-0.2, 0) is 11.3 Å². The molecular formula is C14H14F2N2OS. The lowest BCUT2D eigenvalue weighted by Crippen LogP contribution is -2.22. The fourth-order valence-corrected chi connectivity index (χ4v) is 2.46. The minimum absolute atomic E-state index is 0.0683. The summed E-state index contributed by atoms with van der Waals surface area (Å²) in [6.45, 7) is 0.484. The molecule has 0 aliphatic heterocycles. The van der Waals surface area contributed by atoms with E-state index in [0.29, 0.717) is 23.6 Å². The van der Waals surface area contributed by atoms with E-state index in [2.05, 4.69) is 10.3 Å². The van der Waals surface area contributed by atoms with Gasteiger partial charge in [-0.15, -0.1) is 11.8 Å². The third-order valence-corrected chi connectivity index (χ3v) is 3.64. The van der Waals surface area contributed by atoms with Crippen LogP contribution in [0.3, 0.4) is 0 Å². The van der Waals surface area contributed by atoms with Crippen molar-refractivity contribution in [2.75, 3.05) is 5.75 Å². The summed E-state index contributed by atoms with van der Waals surface area (Å²) in [5.74, 6) is -1.28. The van der Waals surface area contributed by atoms with Crippen molar-refractivity contribution in [2.45, 2.75) is 17.9 Å². The molecule has 0 aliphatic rings. The van der Waals surface area contributed by atoms with Gasteiger partial charge in [0.1, 0.15) is 0 Å². The van der Waals surface area contributed by atoms with Crippen LogP contribution in [0.1, 0.15) is 12.0 Å². The second-order valence-corrected chi connectivity index (χ2v) is 5.34. The van der Waals surface area contributed by atoms with Crippen LogP contribution in [0, 0.1) is 11.6 Å². The van der Waals surface area contributed by atoms with E-state index in [0.717, 1.165) is 17.7 Å². The third kappa shape index (κ3) is 4.38. The van der Waals surface area contributed by atoms with Gasteiger partial charge in [-0.05, 0) is 29.8 Å². The van der Waals surface area contributed by atoms with Crippen LogP contribution >= 0.6 is 11.8 Å². The topological polar surface area (TPSA) is 44.9 Å². The maximum absolute atomic E-state index is 13.0. The number of H-pyrrole nitrogens is 1. The van der Waals surface area contributed by atoms with Crippen molar-refractivity contribution in [3.63, 3.8) is 0 Å². The number of nitrogens with one attached hydrogen (secondary N) is 2. The molecule has 106 valence electrons. The Bertz CT molecular complexity index is 573. The van der Waals surface area contributed by atoms with Gasteiger partial charge in [-0.25, -0.2) is 8.78 Å². The molecule has 2 N–H and O–H groups in total. The van der Waals surface area contributed by atoms with E-state index in [1.54, 1.807) is 6.20 Å². The molecule has 0 spiro atoms. The van der Waals surface area contributed by atoms with Crippen LogP contribution in [0.5, 0.6) is 0 Å². The molecule has 20 heavy (non-hydrogen) atoms. The van der Waals surface area contributed by atoms with Crippen molar-refractivity contribution in [2.24, 2.45) is 0 Å². The van der Waals surface area contributed by atoms with Crippen molar-refractivity contribution in [3.05, 3.63) is 53.9 Å². The maximum atomic E-state index is 13.0. The number of rotatable bonds is 6. The number of carbonyl (C=O) groups excluding carboxylic acids is 1. The second-order valence-electron chi connectivity index (χ2n) is 4.17. The number of hydrogen-bond donors (Lipinski definition) is 2. The van der Waals surface area contributed by atoms with Gasteiger partial charge in [0, 0.05) is 36.0 Å². The quantitative estimate of drug-likeness (QED) is 0.805. The average molecular weight is 296 g/mol. The average Bonchev–Trinajstić information content (AvgIpc) is 2.94. The molecule has 1 heterocycles. The summed E-state index contributed by atoms with van der Waals surface area (Å²) in [4.78, 5) is 15.1. The van der Waals surface area contributed by atoms with Crippen LogP contribution in [0.25, 0.3) is 0 Å². The molecule has 1 aromatic heterocycles. The molecular weight excluding hydrogens is 282 g/mol. The standard InChI is InChI=1S/C14H14F2N2OS/c15-12-2-1-11(7-13(12)16)20-6-4-14(19)18-9-10-3-5-17-8-10/h1-3,5,7-8,17H,4,6,9H2,(H,18,19). The predicted molar refractivity (Wildman–Crippen MR) is 74.3 cm³/mol. The lowest BCUT2D eigenvalue weighted by molar-refractivity contribution is -0.120. The fourth-order valence-electron chi connectivity index (χ4n) is 1.59. The zero-order valence-electron chi connectivity index (χ0n) is 10.7. The number of carbonyl (C=O) groups is 1. The van der Waals surface area contributed by atoms with Crippen LogP contribution in [0.15, 0.2) is 41.6 Å². The van der Waals surface area contributed by atoms with Crippen molar-refractivity contribution < 1.29 is 13.6 Å². The van der Waals surface area contributed by atoms with E-state index in [1.165, 1.54) is 17.8 Å². The Morgan fingerprint density at radius 3 is 2.80 bits per heavy atom. The van der Waals surface area contributed by atoms with Gasteiger partial charge >= 0.3 is 0 Å². The van der Waals surface area contributed by atoms with E-state index >= 15 is 0 Å². The molecule has 2 aromatic rings. The molecule has 0 bridgehead atoms. The number of aromatic amines is 1. The molecule has 1 amide bonds. The highest BCUT2D eigenvalue weighted by Gasteiger charge is 2.05. The molecule has 0 radical (unpaired) electrons. The van der Waals surface area contributed by atoms with Gasteiger partial charge in [0.05, 0.1) is 0 Å². The summed E-state index contributed by atoms with van der Waals surface area (Å²) < 4.78 is 25.7. The smallest absolute Gasteiger partial charge is 0.221 e. The lowest BCUT2D eigenvalue weighted by Gasteiger charge is -2.04. The number of thioether (sulfide) groups is 1. The molecule has 0 saturated heterocycles. The Balaban J connectivity index is 1.69. The van der Waals surface area contributed by atoms with Crippen molar-refractivity contribution >= 4 is 17.7 Å². The summed E-state index contributed by atoms with van der Waals surface area (Å²) in [5, 5.41) is 2.79. The number of aromatic nitrogens is 1. The number of amides is 1. The van der Waals surface area contributed by atoms with E-state index in [-0.39, 0.29) is 5.91 Å². The van der Waals surface area contributed by atoms with Gasteiger partial charge in [0.15, 0.2) is 11.6 Å². The number of halogens is 2. The number of benzene rings is 1. The highest BCUT2D eigenvalue weighted by Crippen LogP contribution is 2.20. The van der Waals surface area contributed by atoms with Gasteiger partial charge in [-0.1, -0.05) is 0 Å². The van der Waals surface area contributed by atoms with E-state index in [1.807, 2.05) is 12.3 Å². The SMILES string of the molecule is O=C(CCSc1ccc(F)c(F)c1)NCc1cc[nH]c1. The largest absolute Gasteiger partial charge is 0.367 e. The van der Waals surface area contributed by atoms with Crippen molar-refractivity contribution in [3.8, 4) is 0 Å². The van der Waals surface area contributed by atoms with Crippen LogP contribution in [0.4, 0.5) is 8.78 Å². The van der Waals surface area contributed by atoms with E-state index in [4.69, 9.17) is 0 Å². The first-order valence-electron chi connectivity index (χ1n) is 6.11. The van der Waals surface area contributed by atoms with Crippen molar-refractivity contribution in [1.82, 2.24) is 10.3 Å². The first-order valence-corrected chi connectivity index (χ1v) is 7.10. The summed E-state index contributed by atoms with van der Waals surface area (Å²) in [6.07, 6.45) is 3.94. The Morgan fingerprint density at radius 2 is 2.10 bits per heavy atom. The van der Waals surface area contributed by atoms with Crippen LogP contribution in [0.2, 0.25) is 0 Å². The summed E-state index contributed by atoms with van der Waals surface area (Å²) in [5.41, 5.74) is 1.01. The van der Waals surface area contributed by atoms with E-state index < -0.39 is 11.6 Å². The zero-order valence-corrected chi connectivity index (χ0v) is 11.5. The first-order chi connectivity index (χ1) is 9.65. The summed E-state index contributed by atoms with van der Waals surface area (Å²) in [6, 6.07) is 5.61. The predicted octanol–water partition coefficient (Wildman–Crippen LogP) is 3.09. The molecule has 1 aromatic carbocycles. The summed E-state index contributed by atoms with van der Waals surface area (Å²) in [7, 11) is 0. The number of hydrogen-bond acceptors (Lipinski definition) is 2. The molecule has 3 nitrogen and oxygen atoms in total. The molecule has 0 aliphatic carbocycles. The van der Waals surface area contributed by atoms with Crippen LogP contribution < -0.4 is 5.32 Å². The van der Waals surface area contributed by atoms with Crippen LogP contribution in [-0.4, -0.2) is 16.6 Å². The van der Waals surface area contributed by atoms with Gasteiger partial charge in [-0.3, -0.25) is 4.79 Å². The molecule has 6 heteroatoms. The molecule has 2 rings (SSSR count). The third-order valence-electron chi connectivity index (χ3n) is 2.64. The summed E-state index contributed by atoms with van der Waals surface area (Å²) >= 11 is 1.32. The van der Waals surface area contributed by atoms with Crippen molar-refractivity contribution in [1.29, 1.82) is 0 Å². The molecule has 0 unspecified atom stereocenters. The molecule has 0 saturated carbocycles. The maximum Gasteiger partial charge on any atom is 0.221 e. The normalized spacial score (nSPS) is 10.5. The minimum atomic E-state index is -0.869. The van der Waals surface area contributed by atoms with Gasteiger partial charge < -0.3 is 10.3 Å². The highest BCUT2D eigenvalue weighted by atomic mass is 32.2. The molecule has 0 atom stereocenters. The van der Waals surface area contributed by atoms with E-state index in [9.17, 15) is 13.6 Å². The molecule has 0 fully saturated rings. The Labute approximate surface area is 119 Å². The monoisotopic (exact) mass is 296 g/mol. The Kier molecular flexibility index (Phi) is 5.17.